The van der Waals surface area contributed by atoms with Crippen LogP contribution in [-0.2, 0) is 6.54 Å². The molecule has 0 saturated carbocycles. The molecule has 2 aromatic carbocycles. The molecule has 2 aromatic rings. The molecule has 20 heavy (non-hydrogen) atoms. The molecule has 0 spiro atoms. The normalized spacial score (nSPS) is 12.1. The Morgan fingerprint density at radius 2 is 2.00 bits per heavy atom. The number of hydrogen-bond donors (Lipinski definition) is 2. The summed E-state index contributed by atoms with van der Waals surface area (Å²) in [5.41, 5.74) is 2.30. The SMILES string of the molecule is CC(NCc1ccccc1C(=O)O)c1cccc(Br)c1. The number of hydrogen-bond acceptors (Lipinski definition) is 2. The zero-order chi connectivity index (χ0) is 14.5. The highest BCUT2D eigenvalue weighted by Crippen LogP contribution is 2.18. The van der Waals surface area contributed by atoms with Crippen LogP contribution in [0.5, 0.6) is 0 Å². The van der Waals surface area contributed by atoms with Gasteiger partial charge in [-0.1, -0.05) is 46.3 Å². The first-order valence-corrected chi connectivity index (χ1v) is 7.17. The second-order valence-corrected chi connectivity index (χ2v) is 5.54. The van der Waals surface area contributed by atoms with Crippen molar-refractivity contribution in [3.05, 3.63) is 69.7 Å². The van der Waals surface area contributed by atoms with E-state index in [9.17, 15) is 4.79 Å². The molecule has 0 heterocycles. The summed E-state index contributed by atoms with van der Waals surface area (Å²) in [6, 6.07) is 15.3. The van der Waals surface area contributed by atoms with Crippen molar-refractivity contribution in [3.63, 3.8) is 0 Å². The maximum Gasteiger partial charge on any atom is 0.336 e. The summed E-state index contributed by atoms with van der Waals surface area (Å²) >= 11 is 3.45. The van der Waals surface area contributed by atoms with E-state index in [1.807, 2.05) is 30.3 Å². The van der Waals surface area contributed by atoms with Gasteiger partial charge in [-0.3, -0.25) is 0 Å². The lowest BCUT2D eigenvalue weighted by Crippen LogP contribution is -2.19. The summed E-state index contributed by atoms with van der Waals surface area (Å²) in [7, 11) is 0. The van der Waals surface area contributed by atoms with Crippen LogP contribution in [0.15, 0.2) is 53.0 Å². The zero-order valence-electron chi connectivity index (χ0n) is 11.1. The summed E-state index contributed by atoms with van der Waals surface area (Å²) in [5.74, 6) is -0.891. The Balaban J connectivity index is 2.07. The first-order valence-electron chi connectivity index (χ1n) is 6.38. The molecular formula is C16H16BrNO2. The molecule has 0 aliphatic heterocycles. The van der Waals surface area contributed by atoms with Crippen molar-refractivity contribution in [2.24, 2.45) is 0 Å². The first kappa shape index (κ1) is 14.8. The summed E-state index contributed by atoms with van der Waals surface area (Å²) in [6.45, 7) is 2.58. The van der Waals surface area contributed by atoms with E-state index >= 15 is 0 Å². The minimum absolute atomic E-state index is 0.148. The molecule has 0 amide bonds. The summed E-state index contributed by atoms with van der Waals surface area (Å²) in [4.78, 5) is 11.1. The number of halogens is 1. The van der Waals surface area contributed by atoms with Gasteiger partial charge < -0.3 is 10.4 Å². The fourth-order valence-electron chi connectivity index (χ4n) is 2.04. The van der Waals surface area contributed by atoms with E-state index in [0.29, 0.717) is 12.1 Å². The molecule has 0 aliphatic rings. The number of benzene rings is 2. The van der Waals surface area contributed by atoms with Crippen molar-refractivity contribution >= 4 is 21.9 Å². The predicted octanol–water partition coefficient (Wildman–Crippen LogP) is 4.00. The lowest BCUT2D eigenvalue weighted by molar-refractivity contribution is 0.0695. The maximum atomic E-state index is 11.1. The second kappa shape index (κ2) is 6.68. The standard InChI is InChI=1S/C16H16BrNO2/c1-11(12-6-4-7-14(17)9-12)18-10-13-5-2-3-8-15(13)16(19)20/h2-9,11,18H,10H2,1H3,(H,19,20). The van der Waals surface area contributed by atoms with Crippen molar-refractivity contribution in [1.29, 1.82) is 0 Å². The third kappa shape index (κ3) is 3.68. The lowest BCUT2D eigenvalue weighted by atomic mass is 10.1. The van der Waals surface area contributed by atoms with Gasteiger partial charge in [0.1, 0.15) is 0 Å². The fraction of sp³-hybridized carbons (Fsp3) is 0.188. The van der Waals surface area contributed by atoms with Crippen molar-refractivity contribution in [1.82, 2.24) is 5.32 Å². The lowest BCUT2D eigenvalue weighted by Gasteiger charge is -2.15. The topological polar surface area (TPSA) is 49.3 Å². The van der Waals surface area contributed by atoms with Gasteiger partial charge in [-0.15, -0.1) is 0 Å². The first-order chi connectivity index (χ1) is 9.58. The Kier molecular flexibility index (Phi) is 4.93. The molecule has 0 aliphatic carbocycles. The van der Waals surface area contributed by atoms with Crippen LogP contribution in [0, 0.1) is 0 Å². The fourth-order valence-corrected chi connectivity index (χ4v) is 2.46. The minimum Gasteiger partial charge on any atom is -0.478 e. The van der Waals surface area contributed by atoms with E-state index in [2.05, 4.69) is 34.2 Å². The van der Waals surface area contributed by atoms with Gasteiger partial charge in [0.15, 0.2) is 0 Å². The van der Waals surface area contributed by atoms with Gasteiger partial charge in [0.25, 0.3) is 0 Å². The smallest absolute Gasteiger partial charge is 0.336 e. The molecule has 1 atom stereocenters. The molecule has 0 saturated heterocycles. The number of aromatic carboxylic acids is 1. The molecule has 104 valence electrons. The Morgan fingerprint density at radius 1 is 1.25 bits per heavy atom. The van der Waals surface area contributed by atoms with Crippen molar-refractivity contribution < 1.29 is 9.90 Å². The molecule has 1 unspecified atom stereocenters. The summed E-state index contributed by atoms with van der Waals surface area (Å²) in [5, 5.41) is 12.5. The number of rotatable bonds is 5. The van der Waals surface area contributed by atoms with E-state index in [0.717, 1.165) is 15.6 Å². The summed E-state index contributed by atoms with van der Waals surface area (Å²) < 4.78 is 1.04. The van der Waals surface area contributed by atoms with Crippen LogP contribution in [0.1, 0.15) is 34.5 Å². The van der Waals surface area contributed by atoms with E-state index < -0.39 is 5.97 Å². The Hall–Kier alpha value is -1.65. The number of nitrogens with one attached hydrogen (secondary N) is 1. The molecule has 2 rings (SSSR count). The molecule has 4 heteroatoms. The van der Waals surface area contributed by atoms with Crippen molar-refractivity contribution in [2.45, 2.75) is 19.5 Å². The largest absolute Gasteiger partial charge is 0.478 e. The van der Waals surface area contributed by atoms with Gasteiger partial charge in [-0.25, -0.2) is 4.79 Å². The predicted molar refractivity (Wildman–Crippen MR) is 82.8 cm³/mol. The van der Waals surface area contributed by atoms with E-state index in [4.69, 9.17) is 5.11 Å². The van der Waals surface area contributed by atoms with Crippen LogP contribution < -0.4 is 5.32 Å². The molecule has 3 nitrogen and oxygen atoms in total. The highest BCUT2D eigenvalue weighted by molar-refractivity contribution is 9.10. The maximum absolute atomic E-state index is 11.1. The average molecular weight is 334 g/mol. The van der Waals surface area contributed by atoms with E-state index in [1.165, 1.54) is 0 Å². The Labute approximate surface area is 126 Å². The Bertz CT molecular complexity index is 613. The van der Waals surface area contributed by atoms with Crippen LogP contribution in [0.25, 0.3) is 0 Å². The molecule has 0 fully saturated rings. The Morgan fingerprint density at radius 3 is 2.70 bits per heavy atom. The van der Waals surface area contributed by atoms with E-state index in [-0.39, 0.29) is 6.04 Å². The molecule has 0 bridgehead atoms. The van der Waals surface area contributed by atoms with Crippen LogP contribution in [0.3, 0.4) is 0 Å². The highest BCUT2D eigenvalue weighted by Gasteiger charge is 2.10. The van der Waals surface area contributed by atoms with Crippen molar-refractivity contribution in [2.75, 3.05) is 0 Å². The number of carbonyl (C=O) groups is 1. The van der Waals surface area contributed by atoms with Crippen LogP contribution in [-0.4, -0.2) is 11.1 Å². The van der Waals surface area contributed by atoms with Crippen LogP contribution in [0.2, 0.25) is 0 Å². The summed E-state index contributed by atoms with van der Waals surface area (Å²) in [6.07, 6.45) is 0. The molecule has 2 N–H and O–H groups in total. The minimum atomic E-state index is -0.891. The average Bonchev–Trinajstić information content (AvgIpc) is 2.45. The third-order valence-corrected chi connectivity index (χ3v) is 3.69. The van der Waals surface area contributed by atoms with Crippen LogP contribution in [0.4, 0.5) is 0 Å². The van der Waals surface area contributed by atoms with Gasteiger partial charge in [-0.05, 0) is 36.2 Å². The van der Waals surface area contributed by atoms with Gasteiger partial charge >= 0.3 is 5.97 Å². The van der Waals surface area contributed by atoms with Gasteiger partial charge in [0.05, 0.1) is 5.56 Å². The number of carboxylic acid groups (broad SMARTS) is 1. The quantitative estimate of drug-likeness (QED) is 0.869. The highest BCUT2D eigenvalue weighted by atomic mass is 79.9. The third-order valence-electron chi connectivity index (χ3n) is 3.20. The van der Waals surface area contributed by atoms with Crippen molar-refractivity contribution in [3.8, 4) is 0 Å². The number of carboxylic acids is 1. The van der Waals surface area contributed by atoms with E-state index in [1.54, 1.807) is 12.1 Å². The van der Waals surface area contributed by atoms with Gasteiger partial charge in [0, 0.05) is 17.1 Å². The molecule has 0 aromatic heterocycles. The monoisotopic (exact) mass is 333 g/mol. The van der Waals surface area contributed by atoms with Gasteiger partial charge in [-0.2, -0.15) is 0 Å². The molecular weight excluding hydrogens is 318 g/mol. The zero-order valence-corrected chi connectivity index (χ0v) is 12.7. The van der Waals surface area contributed by atoms with Gasteiger partial charge in [0.2, 0.25) is 0 Å². The van der Waals surface area contributed by atoms with Crippen LogP contribution >= 0.6 is 15.9 Å². The second-order valence-electron chi connectivity index (χ2n) is 4.62. The molecule has 0 radical (unpaired) electrons.